The molecule has 29 heavy (non-hydrogen) atoms. The molecule has 0 aromatic carbocycles. The number of esters is 2. The summed E-state index contributed by atoms with van der Waals surface area (Å²) in [5, 5.41) is 0. The van der Waals surface area contributed by atoms with Crippen molar-refractivity contribution >= 4 is 11.9 Å². The van der Waals surface area contributed by atoms with Gasteiger partial charge < -0.3 is 9.47 Å². The lowest BCUT2D eigenvalue weighted by molar-refractivity contribution is -0.206. The van der Waals surface area contributed by atoms with Crippen LogP contribution in [0.25, 0.3) is 0 Å². The quantitative estimate of drug-likeness (QED) is 0.591. The van der Waals surface area contributed by atoms with E-state index in [-0.39, 0.29) is 44.9 Å². The van der Waals surface area contributed by atoms with Crippen molar-refractivity contribution in [3.63, 3.8) is 0 Å². The Labute approximate surface area is 176 Å². The fourth-order valence-electron chi connectivity index (χ4n) is 10.5. The summed E-state index contributed by atoms with van der Waals surface area (Å²) in [5.74, 6) is -0.0439. The number of ether oxygens (including phenoxy) is 2. The number of carbonyl (C=O) groups excluding carboxylic acids is 2. The van der Waals surface area contributed by atoms with E-state index in [0.29, 0.717) is 0 Å². The topological polar surface area (TPSA) is 52.6 Å². The molecule has 5 saturated carbocycles. The molecule has 4 nitrogen and oxygen atoms in total. The van der Waals surface area contributed by atoms with Gasteiger partial charge in [0, 0.05) is 16.2 Å². The number of hydrogen-bond donors (Lipinski definition) is 0. The summed E-state index contributed by atoms with van der Waals surface area (Å²) in [6, 6.07) is 0. The third-order valence-electron chi connectivity index (χ3n) is 9.41. The van der Waals surface area contributed by atoms with E-state index in [1.54, 1.807) is 0 Å². The van der Waals surface area contributed by atoms with Gasteiger partial charge in [0.2, 0.25) is 0 Å². The van der Waals surface area contributed by atoms with Crippen LogP contribution in [0.1, 0.15) is 83.1 Å². The van der Waals surface area contributed by atoms with E-state index < -0.39 is 21.8 Å². The first-order valence-electron chi connectivity index (χ1n) is 11.0. The van der Waals surface area contributed by atoms with Gasteiger partial charge in [-0.25, -0.2) is 0 Å². The van der Waals surface area contributed by atoms with Crippen LogP contribution in [0.2, 0.25) is 0 Å². The van der Waals surface area contributed by atoms with Crippen LogP contribution < -0.4 is 0 Å². The van der Waals surface area contributed by atoms with E-state index in [0.717, 1.165) is 0 Å². The molecule has 0 heterocycles. The Balaban J connectivity index is 2.03. The van der Waals surface area contributed by atoms with Crippen molar-refractivity contribution in [2.75, 3.05) is 7.11 Å². The second-order valence-corrected chi connectivity index (χ2v) is 14.1. The van der Waals surface area contributed by atoms with Gasteiger partial charge in [-0.05, 0) is 42.9 Å². The zero-order valence-electron chi connectivity index (χ0n) is 20.7. The first-order valence-corrected chi connectivity index (χ1v) is 11.0. The van der Waals surface area contributed by atoms with Gasteiger partial charge in [0.1, 0.15) is 5.60 Å². The SMILES string of the molecule is COC(=O)C12C3(C(C)(C)C)C4C3(C(=O)OC(C)(C)C)C1(C(C)(C)C)C42C(C)(C)C. The fraction of sp³-hybridized carbons (Fsp3) is 0.920. The highest BCUT2D eigenvalue weighted by Gasteiger charge is 3.38. The van der Waals surface area contributed by atoms with Crippen LogP contribution in [0.3, 0.4) is 0 Å². The number of hydrogen-bond acceptors (Lipinski definition) is 4. The van der Waals surface area contributed by atoms with E-state index in [1.807, 2.05) is 20.8 Å². The Morgan fingerprint density at radius 2 is 1.14 bits per heavy atom. The lowest BCUT2D eigenvalue weighted by Gasteiger charge is -2.57. The van der Waals surface area contributed by atoms with E-state index in [2.05, 4.69) is 62.3 Å². The van der Waals surface area contributed by atoms with Gasteiger partial charge in [0.15, 0.2) is 0 Å². The maximum absolute atomic E-state index is 13.9. The first kappa shape index (κ1) is 21.2. The first-order chi connectivity index (χ1) is 12.7. The third kappa shape index (κ3) is 1.31. The maximum atomic E-state index is 13.9. The Morgan fingerprint density at radius 3 is 1.45 bits per heavy atom. The Morgan fingerprint density at radius 1 is 0.690 bits per heavy atom. The normalized spacial score (nSPS) is 46.7. The van der Waals surface area contributed by atoms with Crippen LogP contribution in [-0.4, -0.2) is 24.6 Å². The molecule has 0 N–H and O–H groups in total. The standard InChI is InChI=1S/C25H40O4/c1-17(2,3)22-14-21(22,15(26)29-20(10,11)12)25(19(7,8)9)23(14,18(4,5)6)24(22,25)16(27)28-13/h14H,1-13H3. The molecule has 5 rings (SSSR count). The van der Waals surface area contributed by atoms with Crippen LogP contribution in [0.4, 0.5) is 0 Å². The minimum atomic E-state index is -0.613. The van der Waals surface area contributed by atoms with Gasteiger partial charge in [-0.15, -0.1) is 0 Å². The van der Waals surface area contributed by atoms with Gasteiger partial charge in [-0.1, -0.05) is 62.3 Å². The van der Waals surface area contributed by atoms with Crippen molar-refractivity contribution in [3.8, 4) is 0 Å². The summed E-state index contributed by atoms with van der Waals surface area (Å²) in [6.07, 6.45) is 0. The molecule has 5 fully saturated rings. The molecule has 6 unspecified atom stereocenters. The average molecular weight is 405 g/mol. The molecule has 0 aliphatic heterocycles. The van der Waals surface area contributed by atoms with E-state index in [1.165, 1.54) is 7.11 Å². The highest BCUT2D eigenvalue weighted by Crippen LogP contribution is 3.33. The molecule has 6 atom stereocenters. The summed E-state index contributed by atoms with van der Waals surface area (Å²) in [6.45, 7) is 25.7. The summed E-state index contributed by atoms with van der Waals surface area (Å²) in [7, 11) is 1.50. The summed E-state index contributed by atoms with van der Waals surface area (Å²) in [5.41, 5.74) is -3.34. The molecule has 0 saturated heterocycles. The highest BCUT2D eigenvalue weighted by molar-refractivity contribution is 6.10. The molecule has 5 aliphatic carbocycles. The van der Waals surface area contributed by atoms with Gasteiger partial charge in [-0.3, -0.25) is 9.59 Å². The highest BCUT2D eigenvalue weighted by atomic mass is 16.6. The van der Waals surface area contributed by atoms with Crippen molar-refractivity contribution < 1.29 is 19.1 Å². The average Bonchev–Trinajstić information content (AvgIpc) is 2.96. The smallest absolute Gasteiger partial charge is 0.314 e. The minimum Gasteiger partial charge on any atom is -0.469 e. The Hall–Kier alpha value is -1.06. The van der Waals surface area contributed by atoms with Gasteiger partial charge in [-0.2, -0.15) is 0 Å². The Bertz CT molecular complexity index is 844. The lowest BCUT2D eigenvalue weighted by Crippen LogP contribution is -2.63. The maximum Gasteiger partial charge on any atom is 0.314 e. The molecule has 0 radical (unpaired) electrons. The van der Waals surface area contributed by atoms with E-state index in [4.69, 9.17) is 9.47 Å². The van der Waals surface area contributed by atoms with Crippen molar-refractivity contribution in [2.45, 2.75) is 88.7 Å². The molecule has 5 aliphatic rings. The molecule has 0 amide bonds. The second kappa shape index (κ2) is 4.43. The number of carbonyl (C=O) groups is 2. The van der Waals surface area contributed by atoms with Crippen molar-refractivity contribution in [3.05, 3.63) is 0 Å². The number of methoxy groups -OCH3 is 1. The van der Waals surface area contributed by atoms with Crippen LogP contribution in [0.5, 0.6) is 0 Å². The van der Waals surface area contributed by atoms with Crippen LogP contribution in [0, 0.1) is 49.2 Å². The molecule has 0 spiro atoms. The lowest BCUT2D eigenvalue weighted by atomic mass is 9.44. The predicted molar refractivity (Wildman–Crippen MR) is 112 cm³/mol. The van der Waals surface area contributed by atoms with E-state index >= 15 is 0 Å². The summed E-state index contributed by atoms with van der Waals surface area (Å²) < 4.78 is 11.6. The molecule has 0 aromatic rings. The summed E-state index contributed by atoms with van der Waals surface area (Å²) >= 11 is 0. The van der Waals surface area contributed by atoms with Crippen molar-refractivity contribution in [1.29, 1.82) is 0 Å². The molecule has 164 valence electrons. The van der Waals surface area contributed by atoms with Crippen molar-refractivity contribution in [2.24, 2.45) is 49.2 Å². The molecular weight excluding hydrogens is 364 g/mol. The largest absolute Gasteiger partial charge is 0.469 e. The van der Waals surface area contributed by atoms with Gasteiger partial charge in [0.25, 0.3) is 0 Å². The number of rotatable bonds is 2. The zero-order chi connectivity index (χ0) is 22.6. The second-order valence-electron chi connectivity index (χ2n) is 14.1. The predicted octanol–water partition coefficient (Wildman–Crippen LogP) is 5.24. The molecule has 4 heteroatoms. The summed E-state index contributed by atoms with van der Waals surface area (Å²) in [4.78, 5) is 27.6. The molecule has 0 aromatic heterocycles. The monoisotopic (exact) mass is 404 g/mol. The van der Waals surface area contributed by atoms with Crippen molar-refractivity contribution in [1.82, 2.24) is 0 Å². The minimum absolute atomic E-state index is 0.100. The van der Waals surface area contributed by atoms with Crippen LogP contribution >= 0.6 is 0 Å². The van der Waals surface area contributed by atoms with Crippen LogP contribution in [-0.2, 0) is 19.1 Å². The van der Waals surface area contributed by atoms with Gasteiger partial charge in [0.05, 0.1) is 17.9 Å². The van der Waals surface area contributed by atoms with E-state index in [9.17, 15) is 9.59 Å². The molecule has 0 bridgehead atoms. The third-order valence-corrected chi connectivity index (χ3v) is 9.41. The Kier molecular flexibility index (Phi) is 3.24. The zero-order valence-corrected chi connectivity index (χ0v) is 20.7. The van der Waals surface area contributed by atoms with Gasteiger partial charge >= 0.3 is 11.9 Å². The fourth-order valence-corrected chi connectivity index (χ4v) is 10.5. The van der Waals surface area contributed by atoms with Crippen LogP contribution in [0.15, 0.2) is 0 Å². The molecular formula is C25H40O4.